The molecule has 8 heteroatoms. The van der Waals surface area contributed by atoms with Gasteiger partial charge in [-0.1, -0.05) is 23.7 Å². The number of pyridine rings is 1. The number of nitrogens with zero attached hydrogens (tertiary/aromatic N) is 3. The fraction of sp³-hybridized carbons (Fsp3) is 0.280. The summed E-state index contributed by atoms with van der Waals surface area (Å²) in [6.45, 7) is 1.99. The van der Waals surface area contributed by atoms with Crippen LogP contribution in [0.1, 0.15) is 48.4 Å². The van der Waals surface area contributed by atoms with E-state index in [1.54, 1.807) is 7.11 Å². The van der Waals surface area contributed by atoms with Gasteiger partial charge in [0.05, 0.1) is 24.4 Å². The number of carboxylic acids is 1. The fourth-order valence-electron chi connectivity index (χ4n) is 3.95. The number of methoxy groups -OCH3 is 1. The van der Waals surface area contributed by atoms with Gasteiger partial charge in [0.15, 0.2) is 0 Å². The van der Waals surface area contributed by atoms with Crippen LogP contribution in [0.25, 0.3) is 10.9 Å². The predicted molar refractivity (Wildman–Crippen MR) is 127 cm³/mol. The zero-order chi connectivity index (χ0) is 23.5. The summed E-state index contributed by atoms with van der Waals surface area (Å²) in [4.78, 5) is 28.5. The Balaban J connectivity index is 1.69. The van der Waals surface area contributed by atoms with Gasteiger partial charge in [-0.15, -0.1) is 0 Å². The van der Waals surface area contributed by atoms with Gasteiger partial charge in [-0.3, -0.25) is 9.59 Å². The van der Waals surface area contributed by atoms with Crippen LogP contribution in [0.2, 0.25) is 5.15 Å². The highest BCUT2D eigenvalue weighted by atomic mass is 35.5. The molecular formula is C25H24ClN3O4. The van der Waals surface area contributed by atoms with E-state index in [0.29, 0.717) is 17.1 Å². The van der Waals surface area contributed by atoms with Crippen LogP contribution in [0.5, 0.6) is 5.75 Å². The number of benzene rings is 2. The number of hydrogen-bond acceptors (Lipinski definition) is 5. The zero-order valence-corrected chi connectivity index (χ0v) is 19.2. The molecule has 1 aliphatic heterocycles. The van der Waals surface area contributed by atoms with Crippen LogP contribution in [0.3, 0.4) is 0 Å². The summed E-state index contributed by atoms with van der Waals surface area (Å²) in [6.07, 6.45) is 0.723. The standard InChI is InChI=1S/C25H24ClN3O4/c1-15-6-7-17-13-19(25(26)27-20(17)12-15)22-14-21(16-8-10-18(33-2)11-9-16)28-29(22)23(30)4-3-5-24(31)32/h6-13,22H,3-5,14H2,1-2H3,(H,31,32). The number of aryl methyl sites for hydroxylation is 1. The van der Waals surface area contributed by atoms with Crippen LogP contribution in [-0.2, 0) is 9.59 Å². The second-order valence-electron chi connectivity index (χ2n) is 8.05. The van der Waals surface area contributed by atoms with Gasteiger partial charge in [-0.2, -0.15) is 5.10 Å². The second-order valence-corrected chi connectivity index (χ2v) is 8.40. The van der Waals surface area contributed by atoms with Gasteiger partial charge in [0.25, 0.3) is 0 Å². The molecule has 3 aromatic rings. The average Bonchev–Trinajstić information content (AvgIpc) is 3.23. The van der Waals surface area contributed by atoms with E-state index in [2.05, 4.69) is 10.1 Å². The Kier molecular flexibility index (Phi) is 6.60. The fourth-order valence-corrected chi connectivity index (χ4v) is 4.22. The van der Waals surface area contributed by atoms with E-state index in [9.17, 15) is 9.59 Å². The Morgan fingerprint density at radius 3 is 2.61 bits per heavy atom. The van der Waals surface area contributed by atoms with Crippen molar-refractivity contribution in [2.45, 2.75) is 38.6 Å². The van der Waals surface area contributed by atoms with E-state index >= 15 is 0 Å². The SMILES string of the molecule is COc1ccc(C2=NN(C(=O)CCCC(=O)O)C(c3cc4ccc(C)cc4nc3Cl)C2)cc1. The summed E-state index contributed by atoms with van der Waals surface area (Å²) in [6, 6.07) is 15.0. The molecule has 1 aliphatic rings. The normalized spacial score (nSPS) is 15.5. The molecule has 1 aromatic heterocycles. The highest BCUT2D eigenvalue weighted by Gasteiger charge is 2.34. The molecule has 4 rings (SSSR count). The van der Waals surface area contributed by atoms with Crippen molar-refractivity contribution >= 4 is 40.1 Å². The lowest BCUT2D eigenvalue weighted by Crippen LogP contribution is -2.27. The van der Waals surface area contributed by atoms with Crippen molar-refractivity contribution in [1.29, 1.82) is 0 Å². The van der Waals surface area contributed by atoms with Gasteiger partial charge in [0.2, 0.25) is 5.91 Å². The van der Waals surface area contributed by atoms with Crippen molar-refractivity contribution < 1.29 is 19.4 Å². The number of carbonyl (C=O) groups excluding carboxylic acids is 1. The number of rotatable bonds is 7. The molecule has 2 aromatic carbocycles. The number of hydrazone groups is 1. The number of hydrogen-bond donors (Lipinski definition) is 1. The maximum absolute atomic E-state index is 13.0. The smallest absolute Gasteiger partial charge is 0.303 e. The molecular weight excluding hydrogens is 442 g/mol. The molecule has 1 atom stereocenters. The quantitative estimate of drug-likeness (QED) is 0.488. The Hall–Kier alpha value is -3.45. The van der Waals surface area contributed by atoms with Gasteiger partial charge in [-0.25, -0.2) is 9.99 Å². The molecule has 0 bridgehead atoms. The molecule has 0 aliphatic carbocycles. The van der Waals surface area contributed by atoms with Gasteiger partial charge in [0.1, 0.15) is 10.9 Å². The van der Waals surface area contributed by atoms with Crippen LogP contribution < -0.4 is 4.74 Å². The molecule has 1 amide bonds. The number of aliphatic carboxylic acids is 1. The van der Waals surface area contributed by atoms with E-state index in [-0.39, 0.29) is 25.2 Å². The van der Waals surface area contributed by atoms with Crippen molar-refractivity contribution in [3.05, 3.63) is 70.4 Å². The Labute approximate surface area is 196 Å². The molecule has 7 nitrogen and oxygen atoms in total. The minimum absolute atomic E-state index is 0.0725. The third-order valence-electron chi connectivity index (χ3n) is 5.68. The van der Waals surface area contributed by atoms with Gasteiger partial charge in [0, 0.05) is 30.2 Å². The number of carboxylic acid groups (broad SMARTS) is 1. The molecule has 0 spiro atoms. The first kappa shape index (κ1) is 22.7. The second kappa shape index (κ2) is 9.58. The number of ether oxygens (including phenoxy) is 1. The first-order valence-electron chi connectivity index (χ1n) is 10.7. The molecule has 0 saturated heterocycles. The van der Waals surface area contributed by atoms with Crippen molar-refractivity contribution in [3.8, 4) is 5.75 Å². The lowest BCUT2D eigenvalue weighted by atomic mass is 9.98. The number of amides is 1. The van der Waals surface area contributed by atoms with Crippen LogP contribution in [-0.4, -0.2) is 39.8 Å². The molecule has 170 valence electrons. The summed E-state index contributed by atoms with van der Waals surface area (Å²) in [5.74, 6) is -0.447. The van der Waals surface area contributed by atoms with E-state index in [4.69, 9.17) is 21.4 Å². The molecule has 1 unspecified atom stereocenters. The summed E-state index contributed by atoms with van der Waals surface area (Å²) >= 11 is 6.59. The van der Waals surface area contributed by atoms with Crippen molar-refractivity contribution in [2.75, 3.05) is 7.11 Å². The summed E-state index contributed by atoms with van der Waals surface area (Å²) < 4.78 is 5.23. The third-order valence-corrected chi connectivity index (χ3v) is 5.99. The highest BCUT2D eigenvalue weighted by Crippen LogP contribution is 2.38. The lowest BCUT2D eigenvalue weighted by molar-refractivity contribution is -0.137. The maximum atomic E-state index is 13.0. The van der Waals surface area contributed by atoms with Crippen molar-refractivity contribution in [3.63, 3.8) is 0 Å². The topological polar surface area (TPSA) is 92.1 Å². The van der Waals surface area contributed by atoms with Crippen molar-refractivity contribution in [2.24, 2.45) is 5.10 Å². The van der Waals surface area contributed by atoms with Crippen LogP contribution in [0, 0.1) is 6.92 Å². The number of fused-ring (bicyclic) bond motifs is 1. The molecule has 1 N–H and O–H groups in total. The van der Waals surface area contributed by atoms with Gasteiger partial charge in [-0.05, 0) is 60.9 Å². The Morgan fingerprint density at radius 1 is 1.15 bits per heavy atom. The van der Waals surface area contributed by atoms with Crippen molar-refractivity contribution in [1.82, 2.24) is 9.99 Å². The van der Waals surface area contributed by atoms with E-state index < -0.39 is 12.0 Å². The minimum atomic E-state index is -0.930. The molecule has 0 radical (unpaired) electrons. The van der Waals surface area contributed by atoms with E-state index in [0.717, 1.165) is 33.5 Å². The lowest BCUT2D eigenvalue weighted by Gasteiger charge is -2.23. The average molecular weight is 466 g/mol. The molecule has 0 saturated carbocycles. The largest absolute Gasteiger partial charge is 0.497 e. The monoisotopic (exact) mass is 465 g/mol. The van der Waals surface area contributed by atoms with Crippen LogP contribution in [0.4, 0.5) is 0 Å². The van der Waals surface area contributed by atoms with E-state index in [1.807, 2.05) is 55.5 Å². The third kappa shape index (κ3) is 4.98. The first-order valence-corrected chi connectivity index (χ1v) is 11.1. The van der Waals surface area contributed by atoms with Crippen LogP contribution in [0.15, 0.2) is 53.6 Å². The molecule has 33 heavy (non-hydrogen) atoms. The molecule has 0 fully saturated rings. The zero-order valence-electron chi connectivity index (χ0n) is 18.4. The molecule has 2 heterocycles. The van der Waals surface area contributed by atoms with Crippen LogP contribution >= 0.6 is 11.6 Å². The van der Waals surface area contributed by atoms with E-state index in [1.165, 1.54) is 5.01 Å². The number of aromatic nitrogens is 1. The Morgan fingerprint density at radius 2 is 1.91 bits per heavy atom. The first-order chi connectivity index (χ1) is 15.9. The highest BCUT2D eigenvalue weighted by molar-refractivity contribution is 6.30. The number of halogens is 1. The minimum Gasteiger partial charge on any atom is -0.497 e. The summed E-state index contributed by atoms with van der Waals surface area (Å²) in [5, 5.41) is 16.2. The van der Waals surface area contributed by atoms with Gasteiger partial charge >= 0.3 is 5.97 Å². The summed E-state index contributed by atoms with van der Waals surface area (Å²) in [5.41, 5.74) is 4.21. The van der Waals surface area contributed by atoms with Gasteiger partial charge < -0.3 is 9.84 Å². The number of carbonyl (C=O) groups is 2. The summed E-state index contributed by atoms with van der Waals surface area (Å²) in [7, 11) is 1.60. The maximum Gasteiger partial charge on any atom is 0.303 e. The Bertz CT molecular complexity index is 1240. The predicted octanol–water partition coefficient (Wildman–Crippen LogP) is 5.14.